The number of amides is 1. The van der Waals surface area contributed by atoms with E-state index in [4.69, 9.17) is 12.2 Å². The first kappa shape index (κ1) is 22.5. The highest BCUT2D eigenvalue weighted by Crippen LogP contribution is 2.39. The summed E-state index contributed by atoms with van der Waals surface area (Å²) >= 11 is 4.89. The van der Waals surface area contributed by atoms with Crippen LogP contribution in [0.1, 0.15) is 63.9 Å². The number of nitrogens with one attached hydrogen (secondary N) is 3. The van der Waals surface area contributed by atoms with Crippen LogP contribution in [0.2, 0.25) is 0 Å². The zero-order chi connectivity index (χ0) is 22.0. The zero-order valence-corrected chi connectivity index (χ0v) is 18.5. The van der Waals surface area contributed by atoms with Gasteiger partial charge in [0.1, 0.15) is 5.75 Å². The third-order valence-corrected chi connectivity index (χ3v) is 4.52. The first-order valence-corrected chi connectivity index (χ1v) is 9.70. The van der Waals surface area contributed by atoms with Gasteiger partial charge in [0.05, 0.1) is 12.6 Å². The third-order valence-electron chi connectivity index (χ3n) is 4.32. The number of carbonyl (C=O) groups is 1. The molecule has 0 radical (unpaired) electrons. The van der Waals surface area contributed by atoms with Crippen LogP contribution in [0, 0.1) is 4.77 Å². The van der Waals surface area contributed by atoms with Crippen molar-refractivity contribution in [3.63, 3.8) is 0 Å². The Morgan fingerprint density at radius 2 is 1.66 bits per heavy atom. The Hall–Kier alpha value is -2.74. The molecule has 4 N–H and O–H groups in total. The van der Waals surface area contributed by atoms with Gasteiger partial charge in [-0.3, -0.25) is 14.6 Å². The second kappa shape index (κ2) is 8.32. The van der Waals surface area contributed by atoms with Crippen LogP contribution in [0.3, 0.4) is 0 Å². The van der Waals surface area contributed by atoms with Gasteiger partial charge in [-0.05, 0) is 40.7 Å². The zero-order valence-electron chi connectivity index (χ0n) is 17.6. The lowest BCUT2D eigenvalue weighted by atomic mass is 9.78. The maximum atomic E-state index is 12.1. The fraction of sp³-hybridized carbons (Fsp3) is 0.429. The molecule has 1 aromatic carbocycles. The molecule has 0 aliphatic heterocycles. The number of H-pyrrole nitrogens is 2. The Morgan fingerprint density at radius 3 is 2.14 bits per heavy atom. The van der Waals surface area contributed by atoms with Crippen molar-refractivity contribution >= 4 is 24.3 Å². The predicted octanol–water partition coefficient (Wildman–Crippen LogP) is 3.43. The summed E-state index contributed by atoms with van der Waals surface area (Å²) in [6, 6.07) is 5.02. The van der Waals surface area contributed by atoms with Gasteiger partial charge in [-0.25, -0.2) is 5.43 Å². The average Bonchev–Trinajstić information content (AvgIpc) is 2.52. The van der Waals surface area contributed by atoms with Crippen LogP contribution < -0.4 is 11.0 Å². The summed E-state index contributed by atoms with van der Waals surface area (Å²) in [7, 11) is 0. The van der Waals surface area contributed by atoms with E-state index in [-0.39, 0.29) is 39.2 Å². The smallest absolute Gasteiger partial charge is 0.251 e. The number of phenols is 1. The molecule has 29 heavy (non-hydrogen) atoms. The van der Waals surface area contributed by atoms with Crippen molar-refractivity contribution in [2.24, 2.45) is 5.10 Å². The monoisotopic (exact) mass is 416 g/mol. The van der Waals surface area contributed by atoms with Crippen molar-refractivity contribution in [2.45, 2.75) is 58.8 Å². The number of hydrogen-bond acceptors (Lipinski definition) is 5. The minimum atomic E-state index is -0.386. The number of aromatic hydroxyl groups is 1. The van der Waals surface area contributed by atoms with E-state index >= 15 is 0 Å². The van der Waals surface area contributed by atoms with Gasteiger partial charge < -0.3 is 10.1 Å². The van der Waals surface area contributed by atoms with Crippen LogP contribution in [0.4, 0.5) is 0 Å². The number of benzene rings is 1. The molecule has 0 bridgehead atoms. The molecular weight excluding hydrogens is 388 g/mol. The summed E-state index contributed by atoms with van der Waals surface area (Å²) in [6.07, 6.45) is 1.49. The molecule has 156 valence electrons. The maximum Gasteiger partial charge on any atom is 0.251 e. The molecule has 0 aliphatic carbocycles. The molecule has 0 saturated heterocycles. The highest BCUT2D eigenvalue weighted by Gasteiger charge is 2.26. The Labute approximate surface area is 175 Å². The Morgan fingerprint density at radius 1 is 1.10 bits per heavy atom. The molecule has 0 fully saturated rings. The number of phenolic OH excluding ortho intramolecular Hbond substituents is 1. The van der Waals surface area contributed by atoms with Crippen molar-refractivity contribution in [2.75, 3.05) is 0 Å². The second-order valence-electron chi connectivity index (χ2n) is 9.05. The number of aromatic amines is 2. The highest BCUT2D eigenvalue weighted by atomic mass is 32.1. The number of carbonyl (C=O) groups excluding carboxylic acids is 1. The highest BCUT2D eigenvalue weighted by molar-refractivity contribution is 7.71. The van der Waals surface area contributed by atoms with E-state index in [1.54, 1.807) is 6.21 Å². The van der Waals surface area contributed by atoms with Crippen LogP contribution in [-0.2, 0) is 22.0 Å². The lowest BCUT2D eigenvalue weighted by Crippen LogP contribution is -2.22. The van der Waals surface area contributed by atoms with E-state index in [0.29, 0.717) is 5.69 Å². The van der Waals surface area contributed by atoms with Crippen molar-refractivity contribution in [3.8, 4) is 5.75 Å². The lowest BCUT2D eigenvalue weighted by Gasteiger charge is -2.27. The second-order valence-corrected chi connectivity index (χ2v) is 9.46. The predicted molar refractivity (Wildman–Crippen MR) is 117 cm³/mol. The molecule has 0 unspecified atom stereocenters. The Bertz CT molecular complexity index is 990. The fourth-order valence-corrected chi connectivity index (χ4v) is 3.11. The van der Waals surface area contributed by atoms with Crippen molar-refractivity contribution in [1.29, 1.82) is 0 Å². The van der Waals surface area contributed by atoms with Crippen LogP contribution in [0.15, 0.2) is 28.1 Å². The molecule has 1 aromatic heterocycles. The summed E-state index contributed by atoms with van der Waals surface area (Å²) in [5.74, 6) is -0.0980. The standard InChI is InChI=1S/C21H28N4O3S/c1-20(2,3)14-7-12(8-15(18(14)28)21(4,5)6)11-22-25-17(27)10-13-9-16(26)24-19(29)23-13/h7-9,11,28H,10H2,1-6H3,(H,25,27)(H2,23,24,26,29)/b22-11+. The molecule has 7 nitrogen and oxygen atoms in total. The lowest BCUT2D eigenvalue weighted by molar-refractivity contribution is -0.120. The number of nitrogens with zero attached hydrogens (tertiary/aromatic N) is 1. The van der Waals surface area contributed by atoms with E-state index in [1.807, 2.05) is 53.7 Å². The molecule has 2 rings (SSSR count). The van der Waals surface area contributed by atoms with Gasteiger partial charge in [0.25, 0.3) is 5.56 Å². The first-order chi connectivity index (χ1) is 13.3. The summed E-state index contributed by atoms with van der Waals surface area (Å²) in [5, 5.41) is 14.8. The molecule has 0 atom stereocenters. The summed E-state index contributed by atoms with van der Waals surface area (Å²) in [4.78, 5) is 28.7. The van der Waals surface area contributed by atoms with E-state index in [1.165, 1.54) is 6.07 Å². The molecular formula is C21H28N4O3S. The van der Waals surface area contributed by atoms with Crippen molar-refractivity contribution < 1.29 is 9.90 Å². The van der Waals surface area contributed by atoms with Gasteiger partial charge in [0, 0.05) is 22.9 Å². The fourth-order valence-electron chi connectivity index (χ4n) is 2.88. The molecule has 0 aliphatic rings. The molecule has 0 saturated carbocycles. The topological polar surface area (TPSA) is 110 Å². The Balaban J connectivity index is 2.24. The summed E-state index contributed by atoms with van der Waals surface area (Å²) < 4.78 is 0.164. The van der Waals surface area contributed by atoms with Gasteiger partial charge >= 0.3 is 0 Å². The van der Waals surface area contributed by atoms with Gasteiger partial charge in [-0.2, -0.15) is 5.10 Å². The van der Waals surface area contributed by atoms with Crippen LogP contribution in [0.25, 0.3) is 0 Å². The van der Waals surface area contributed by atoms with Crippen molar-refractivity contribution in [1.82, 2.24) is 15.4 Å². The minimum Gasteiger partial charge on any atom is -0.507 e. The van der Waals surface area contributed by atoms with E-state index < -0.39 is 0 Å². The summed E-state index contributed by atoms with van der Waals surface area (Å²) in [5.41, 5.74) is 4.38. The van der Waals surface area contributed by atoms with E-state index in [2.05, 4.69) is 20.5 Å². The number of hydrazone groups is 1. The average molecular weight is 417 g/mol. The van der Waals surface area contributed by atoms with Crippen LogP contribution in [-0.4, -0.2) is 27.2 Å². The summed E-state index contributed by atoms with van der Waals surface area (Å²) in [6.45, 7) is 12.2. The van der Waals surface area contributed by atoms with Gasteiger partial charge in [-0.1, -0.05) is 41.5 Å². The molecule has 0 spiro atoms. The normalized spacial score (nSPS) is 12.3. The number of rotatable bonds is 4. The van der Waals surface area contributed by atoms with Gasteiger partial charge in [0.15, 0.2) is 4.77 Å². The molecule has 1 amide bonds. The van der Waals surface area contributed by atoms with E-state index in [9.17, 15) is 14.7 Å². The van der Waals surface area contributed by atoms with Gasteiger partial charge in [-0.15, -0.1) is 0 Å². The van der Waals surface area contributed by atoms with Crippen LogP contribution >= 0.6 is 12.2 Å². The molecule has 1 heterocycles. The SMILES string of the molecule is CC(C)(C)c1cc(/C=N/NC(=O)Cc2cc(=O)[nH]c(=S)[nH]2)cc(C(C)(C)C)c1O. The van der Waals surface area contributed by atoms with Gasteiger partial charge in [0.2, 0.25) is 5.91 Å². The third kappa shape index (κ3) is 6.12. The quantitative estimate of drug-likeness (QED) is 0.348. The largest absolute Gasteiger partial charge is 0.507 e. The van der Waals surface area contributed by atoms with Crippen molar-refractivity contribution in [3.05, 3.63) is 55.7 Å². The Kier molecular flexibility index (Phi) is 6.47. The number of hydrogen-bond donors (Lipinski definition) is 4. The number of aromatic nitrogens is 2. The molecule has 2 aromatic rings. The first-order valence-electron chi connectivity index (χ1n) is 9.30. The maximum absolute atomic E-state index is 12.1. The molecule has 8 heteroatoms. The van der Waals surface area contributed by atoms with E-state index in [0.717, 1.165) is 16.7 Å². The minimum absolute atomic E-state index is 0.0546. The van der Waals surface area contributed by atoms with Crippen LogP contribution in [0.5, 0.6) is 5.75 Å².